The van der Waals surface area contributed by atoms with E-state index in [0.29, 0.717) is 6.61 Å². The van der Waals surface area contributed by atoms with E-state index in [1.54, 1.807) is 20.8 Å². The maximum atomic E-state index is 10.9. The summed E-state index contributed by atoms with van der Waals surface area (Å²) >= 11 is 0. The van der Waals surface area contributed by atoms with Crippen molar-refractivity contribution in [2.24, 2.45) is 5.92 Å². The minimum Gasteiger partial charge on any atom is -0.390 e. The van der Waals surface area contributed by atoms with E-state index in [9.17, 15) is 30.6 Å². The summed E-state index contributed by atoms with van der Waals surface area (Å²) in [5.74, 6) is -0.517. The van der Waals surface area contributed by atoms with Crippen molar-refractivity contribution in [2.75, 3.05) is 19.8 Å². The van der Waals surface area contributed by atoms with Gasteiger partial charge < -0.3 is 64.4 Å². The molecule has 0 amide bonds. The summed E-state index contributed by atoms with van der Waals surface area (Å²) in [6.07, 6.45) is -4.93. The second-order valence-electron chi connectivity index (χ2n) is 14.4. The van der Waals surface area contributed by atoms with Gasteiger partial charge in [-0.15, -0.1) is 0 Å². The average molecular weight is 666 g/mol. The number of unbranched alkanes of at least 4 members (excludes halogenated alkanes) is 8. The van der Waals surface area contributed by atoms with E-state index in [-0.39, 0.29) is 12.1 Å². The molecule has 272 valence electrons. The molecule has 0 aliphatic carbocycles. The highest BCUT2D eigenvalue weighted by molar-refractivity contribution is 4.93. The first-order valence-corrected chi connectivity index (χ1v) is 17.4. The molecule has 0 bridgehead atoms. The zero-order valence-electron chi connectivity index (χ0n) is 28.7. The molecule has 3 rings (SSSR count). The van der Waals surface area contributed by atoms with Gasteiger partial charge in [-0.05, 0) is 54.0 Å². The molecule has 0 saturated carbocycles. The van der Waals surface area contributed by atoms with Crippen molar-refractivity contribution >= 4 is 0 Å². The van der Waals surface area contributed by atoms with Gasteiger partial charge in [-0.25, -0.2) is 0 Å². The molecular weight excluding hydrogens is 602 g/mol. The SMILES string of the molecule is CC1OC(OC2[C@H](OCCCCCCCCCCCNC(C)(C)C)OC(C)[C@H](O)[C@@H]2O)[C@@H](O)C(O)[C@H]1O[C@@H]1OC[C@@H](O)[C@H](C)C1O. The smallest absolute Gasteiger partial charge is 0.187 e. The Kier molecular flexibility index (Phi) is 16.5. The highest BCUT2D eigenvalue weighted by atomic mass is 16.8. The summed E-state index contributed by atoms with van der Waals surface area (Å²) in [6, 6.07) is 0. The lowest BCUT2D eigenvalue weighted by Crippen LogP contribution is -2.64. The highest BCUT2D eigenvalue weighted by Gasteiger charge is 2.51. The minimum absolute atomic E-state index is 0.0483. The van der Waals surface area contributed by atoms with Gasteiger partial charge >= 0.3 is 0 Å². The van der Waals surface area contributed by atoms with Crippen LogP contribution in [0, 0.1) is 5.92 Å². The predicted molar refractivity (Wildman–Crippen MR) is 169 cm³/mol. The summed E-state index contributed by atoms with van der Waals surface area (Å²) in [6.45, 7) is 12.8. The molecule has 13 nitrogen and oxygen atoms in total. The molecule has 3 saturated heterocycles. The largest absolute Gasteiger partial charge is 0.390 e. The van der Waals surface area contributed by atoms with Gasteiger partial charge in [0.05, 0.1) is 24.9 Å². The third-order valence-corrected chi connectivity index (χ3v) is 9.26. The monoisotopic (exact) mass is 665 g/mol. The zero-order chi connectivity index (χ0) is 34.0. The Morgan fingerprint density at radius 2 is 1.15 bits per heavy atom. The Morgan fingerprint density at radius 3 is 1.78 bits per heavy atom. The minimum atomic E-state index is -1.60. The Bertz CT molecular complexity index is 848. The van der Waals surface area contributed by atoms with E-state index in [1.807, 2.05) is 0 Å². The molecule has 13 heteroatoms. The lowest BCUT2D eigenvalue weighted by Gasteiger charge is -2.47. The lowest BCUT2D eigenvalue weighted by atomic mass is 9.94. The molecule has 3 heterocycles. The van der Waals surface area contributed by atoms with E-state index < -0.39 is 85.8 Å². The van der Waals surface area contributed by atoms with Gasteiger partial charge in [0.15, 0.2) is 18.9 Å². The topological polar surface area (TPSA) is 189 Å². The van der Waals surface area contributed by atoms with Crippen LogP contribution in [-0.2, 0) is 28.4 Å². The standard InChI is InChI=1S/C33H63NO12/c1-19-22(35)18-42-30(23(19)36)45-28-21(3)44-31(27(40)26(28)39)46-29-25(38)24(37)20(2)43-32(29)41-17-15-13-11-9-7-8-10-12-14-16-34-33(4,5)6/h19-32,34-40H,7-18H2,1-6H3/t19-,20?,21?,22+,23?,24-,25-,26?,27-,28-,29?,30-,31?,32+/m0/s1. The number of hydrogen-bond acceptors (Lipinski definition) is 13. The molecule has 3 aliphatic heterocycles. The maximum Gasteiger partial charge on any atom is 0.187 e. The van der Waals surface area contributed by atoms with E-state index >= 15 is 0 Å². The Balaban J connectivity index is 1.41. The van der Waals surface area contributed by atoms with Crippen LogP contribution < -0.4 is 5.32 Å². The fourth-order valence-corrected chi connectivity index (χ4v) is 6.06. The molecule has 46 heavy (non-hydrogen) atoms. The van der Waals surface area contributed by atoms with Gasteiger partial charge in [0.2, 0.25) is 0 Å². The van der Waals surface area contributed by atoms with Crippen molar-refractivity contribution in [3.05, 3.63) is 0 Å². The van der Waals surface area contributed by atoms with E-state index in [0.717, 1.165) is 25.8 Å². The fraction of sp³-hybridized carbons (Fsp3) is 1.00. The highest BCUT2D eigenvalue weighted by Crippen LogP contribution is 2.32. The second kappa shape index (κ2) is 19.0. The Labute approximate surface area is 274 Å². The van der Waals surface area contributed by atoms with Crippen LogP contribution in [0.25, 0.3) is 0 Å². The van der Waals surface area contributed by atoms with Gasteiger partial charge in [-0.1, -0.05) is 51.9 Å². The van der Waals surface area contributed by atoms with Gasteiger partial charge in [0.25, 0.3) is 0 Å². The third-order valence-electron chi connectivity index (χ3n) is 9.26. The van der Waals surface area contributed by atoms with Crippen molar-refractivity contribution in [1.82, 2.24) is 5.32 Å². The van der Waals surface area contributed by atoms with Crippen LogP contribution in [0.2, 0.25) is 0 Å². The number of hydrogen-bond donors (Lipinski definition) is 7. The van der Waals surface area contributed by atoms with Crippen LogP contribution in [0.3, 0.4) is 0 Å². The molecule has 0 aromatic rings. The third kappa shape index (κ3) is 11.8. The van der Waals surface area contributed by atoms with E-state index in [1.165, 1.54) is 38.5 Å². The van der Waals surface area contributed by atoms with Crippen LogP contribution in [0.5, 0.6) is 0 Å². The van der Waals surface area contributed by atoms with Crippen LogP contribution in [0.1, 0.15) is 99.3 Å². The normalized spacial score (nSPS) is 40.7. The van der Waals surface area contributed by atoms with Gasteiger partial charge in [-0.2, -0.15) is 0 Å². The summed E-state index contributed by atoms with van der Waals surface area (Å²) in [4.78, 5) is 0. The molecule has 0 radical (unpaired) electrons. The Morgan fingerprint density at radius 1 is 0.609 bits per heavy atom. The van der Waals surface area contributed by atoms with Crippen molar-refractivity contribution in [2.45, 2.75) is 185 Å². The first-order valence-electron chi connectivity index (χ1n) is 17.4. The van der Waals surface area contributed by atoms with Crippen molar-refractivity contribution in [1.29, 1.82) is 0 Å². The van der Waals surface area contributed by atoms with E-state index in [4.69, 9.17) is 28.4 Å². The van der Waals surface area contributed by atoms with Gasteiger partial charge in [-0.3, -0.25) is 0 Å². The molecule has 0 aromatic heterocycles. The van der Waals surface area contributed by atoms with Crippen LogP contribution >= 0.6 is 0 Å². The summed E-state index contributed by atoms with van der Waals surface area (Å²) in [5, 5.41) is 67.1. The first kappa shape index (κ1) is 39.9. The average Bonchev–Trinajstić information content (AvgIpc) is 3.00. The van der Waals surface area contributed by atoms with Gasteiger partial charge in [0, 0.05) is 18.1 Å². The molecule has 14 atom stereocenters. The number of aliphatic hydroxyl groups excluding tert-OH is 6. The summed E-state index contributed by atoms with van der Waals surface area (Å²) in [7, 11) is 0. The number of rotatable bonds is 17. The molecular formula is C33H63NO12. The predicted octanol–water partition coefficient (Wildman–Crippen LogP) is 1.32. The Hall–Kier alpha value is -0.520. The van der Waals surface area contributed by atoms with Crippen molar-refractivity contribution in [3.8, 4) is 0 Å². The number of nitrogens with one attached hydrogen (secondary N) is 1. The fourth-order valence-electron chi connectivity index (χ4n) is 6.06. The van der Waals surface area contributed by atoms with Crippen molar-refractivity contribution in [3.63, 3.8) is 0 Å². The van der Waals surface area contributed by atoms with Crippen LogP contribution in [-0.4, -0.2) is 136 Å². The van der Waals surface area contributed by atoms with E-state index in [2.05, 4.69) is 26.1 Å². The molecule has 3 fully saturated rings. The number of ether oxygens (including phenoxy) is 6. The number of aliphatic hydroxyl groups is 6. The maximum absolute atomic E-state index is 10.9. The second-order valence-corrected chi connectivity index (χ2v) is 14.4. The van der Waals surface area contributed by atoms with Crippen LogP contribution in [0.4, 0.5) is 0 Å². The van der Waals surface area contributed by atoms with Gasteiger partial charge in [0.1, 0.15) is 42.7 Å². The molecule has 7 N–H and O–H groups in total. The molecule has 3 aliphatic rings. The van der Waals surface area contributed by atoms with Crippen LogP contribution in [0.15, 0.2) is 0 Å². The first-order chi connectivity index (χ1) is 21.7. The molecule has 6 unspecified atom stereocenters. The molecule has 0 aromatic carbocycles. The lowest BCUT2D eigenvalue weighted by molar-refractivity contribution is -0.374. The van der Waals surface area contributed by atoms with Crippen molar-refractivity contribution < 1.29 is 59.1 Å². The summed E-state index contributed by atoms with van der Waals surface area (Å²) < 4.78 is 34.8. The summed E-state index contributed by atoms with van der Waals surface area (Å²) in [5.41, 5.74) is 0.179. The quantitative estimate of drug-likeness (QED) is 0.110. The molecule has 0 spiro atoms. The zero-order valence-corrected chi connectivity index (χ0v) is 28.7.